The molecule has 3 saturated heterocycles. The zero-order valence-corrected chi connectivity index (χ0v) is 18.3. The number of ether oxygens (including phenoxy) is 1. The van der Waals surface area contributed by atoms with Crippen LogP contribution in [0.2, 0.25) is 0 Å². The Morgan fingerprint density at radius 2 is 2.07 bits per heavy atom. The lowest BCUT2D eigenvalue weighted by Gasteiger charge is -2.52. The summed E-state index contributed by atoms with van der Waals surface area (Å²) in [7, 11) is 0. The number of carbonyl (C=O) groups excluding carboxylic acids is 2. The molecule has 2 bridgehead atoms. The van der Waals surface area contributed by atoms with Crippen LogP contribution in [0.25, 0.3) is 0 Å². The van der Waals surface area contributed by atoms with Gasteiger partial charge in [0.25, 0.3) is 0 Å². The lowest BCUT2D eigenvalue weighted by molar-refractivity contribution is -0.155. The Labute approximate surface area is 173 Å². The topological polar surface area (TPSA) is 75.6 Å². The number of aliphatic hydroxyl groups is 1. The molecule has 0 unspecified atom stereocenters. The smallest absolute Gasteiger partial charge is 0.234 e. The van der Waals surface area contributed by atoms with Gasteiger partial charge < -0.3 is 15.2 Å². The molecular weight excluding hydrogens is 366 g/mol. The normalized spacial score (nSPS) is 53.3. The van der Waals surface area contributed by atoms with Gasteiger partial charge >= 0.3 is 0 Å². The molecule has 4 fully saturated rings. The molecule has 5 aliphatic rings. The summed E-state index contributed by atoms with van der Waals surface area (Å²) in [6, 6.07) is 0.0337. The molecule has 5 rings (SSSR count). The van der Waals surface area contributed by atoms with Crippen molar-refractivity contribution in [3.63, 3.8) is 0 Å². The quantitative estimate of drug-likeness (QED) is 0.551. The van der Waals surface area contributed by atoms with Crippen LogP contribution in [0.3, 0.4) is 0 Å². The predicted octanol–water partition coefficient (Wildman–Crippen LogP) is 2.86. The number of hydrogen-bond donors (Lipinski definition) is 2. The highest BCUT2D eigenvalue weighted by Crippen LogP contribution is 2.66. The van der Waals surface area contributed by atoms with Crippen LogP contribution in [0.5, 0.6) is 0 Å². The third-order valence-corrected chi connectivity index (χ3v) is 9.23. The van der Waals surface area contributed by atoms with E-state index in [2.05, 4.69) is 46.0 Å². The van der Waals surface area contributed by atoms with Gasteiger partial charge in [0.05, 0.1) is 17.8 Å². The van der Waals surface area contributed by atoms with E-state index in [9.17, 15) is 14.7 Å². The number of ketones is 1. The number of allylic oxidation sites excluding steroid dienone is 2. The maximum absolute atomic E-state index is 13.9. The number of carbonyl (C=O) groups is 2. The highest BCUT2D eigenvalue weighted by Gasteiger charge is 2.74. The largest absolute Gasteiger partial charge is 0.390 e. The van der Waals surface area contributed by atoms with Crippen molar-refractivity contribution in [1.29, 1.82) is 0 Å². The first-order chi connectivity index (χ1) is 13.6. The van der Waals surface area contributed by atoms with E-state index < -0.39 is 11.5 Å². The maximum Gasteiger partial charge on any atom is 0.234 e. The molecule has 2 N–H and O–H groups in total. The van der Waals surface area contributed by atoms with Crippen LogP contribution in [0, 0.1) is 40.9 Å². The summed E-state index contributed by atoms with van der Waals surface area (Å²) in [5.41, 5.74) is -0.0785. The lowest BCUT2D eigenvalue weighted by atomic mass is 9.46. The van der Waals surface area contributed by atoms with Gasteiger partial charge in [0.1, 0.15) is 11.2 Å². The zero-order valence-electron chi connectivity index (χ0n) is 18.3. The van der Waals surface area contributed by atoms with E-state index >= 15 is 0 Å². The van der Waals surface area contributed by atoms with Crippen LogP contribution in [0.4, 0.5) is 0 Å². The molecule has 5 nitrogen and oxygen atoms in total. The highest BCUT2D eigenvalue weighted by molar-refractivity contribution is 6.10. The Hall–Kier alpha value is -1.20. The standard InChI is InChI=1S/C24H35NO4/c1-11(2)8-16-20-13(4)12(3)9-15-19-14(10-18(27)24(15,20)22(28)25-16)23(5)7-6-17(26)21(19)29-23/h9,11,13-17,19-21,26H,6-8,10H2,1-5H3,(H,25,28)/t13-,14+,15-,16+,17-,19+,20+,21-,23+,24-/m1/s1. The first-order valence-electron chi connectivity index (χ1n) is 11.5. The average Bonchev–Trinajstić information content (AvgIpc) is 3.05. The third kappa shape index (κ3) is 2.35. The van der Waals surface area contributed by atoms with E-state index in [0.717, 1.165) is 12.8 Å². The minimum Gasteiger partial charge on any atom is -0.390 e. The molecule has 1 saturated carbocycles. The van der Waals surface area contributed by atoms with Crippen molar-refractivity contribution in [1.82, 2.24) is 5.32 Å². The van der Waals surface area contributed by atoms with E-state index in [0.29, 0.717) is 18.8 Å². The molecule has 1 spiro atoms. The summed E-state index contributed by atoms with van der Waals surface area (Å²) in [6.45, 7) is 10.8. The number of aliphatic hydroxyl groups excluding tert-OH is 1. The maximum atomic E-state index is 13.9. The molecule has 3 heterocycles. The number of fused-ring (bicyclic) bond motifs is 6. The van der Waals surface area contributed by atoms with Crippen molar-refractivity contribution in [2.75, 3.05) is 0 Å². The van der Waals surface area contributed by atoms with Crippen LogP contribution in [-0.4, -0.2) is 40.6 Å². The number of Topliss-reactive ketones (excluding diaryl/α,β-unsaturated/α-hetero) is 1. The fraction of sp³-hybridized carbons (Fsp3) is 0.833. The molecule has 0 aromatic carbocycles. The van der Waals surface area contributed by atoms with E-state index in [1.165, 1.54) is 5.57 Å². The van der Waals surface area contributed by atoms with Gasteiger partial charge in [0.2, 0.25) is 5.91 Å². The summed E-state index contributed by atoms with van der Waals surface area (Å²) < 4.78 is 6.41. The Bertz CT molecular complexity index is 790. The van der Waals surface area contributed by atoms with Gasteiger partial charge in [-0.1, -0.05) is 32.4 Å². The second kappa shape index (κ2) is 6.16. The second-order valence-electron chi connectivity index (χ2n) is 11.1. The molecule has 2 aliphatic carbocycles. The minimum absolute atomic E-state index is 0.00810. The molecule has 0 radical (unpaired) electrons. The summed E-state index contributed by atoms with van der Waals surface area (Å²) in [6.07, 6.45) is 4.22. The van der Waals surface area contributed by atoms with Gasteiger partial charge in [0, 0.05) is 36.1 Å². The Morgan fingerprint density at radius 1 is 1.34 bits per heavy atom. The second-order valence-corrected chi connectivity index (χ2v) is 11.1. The van der Waals surface area contributed by atoms with Gasteiger partial charge in [-0.3, -0.25) is 9.59 Å². The van der Waals surface area contributed by atoms with Crippen molar-refractivity contribution in [3.8, 4) is 0 Å². The molecule has 160 valence electrons. The van der Waals surface area contributed by atoms with Crippen LogP contribution >= 0.6 is 0 Å². The van der Waals surface area contributed by atoms with Gasteiger partial charge in [0.15, 0.2) is 0 Å². The molecule has 3 aliphatic heterocycles. The Kier molecular flexibility index (Phi) is 4.20. The molecule has 5 heteroatoms. The predicted molar refractivity (Wildman–Crippen MR) is 109 cm³/mol. The fourth-order valence-electron chi connectivity index (χ4n) is 7.91. The highest BCUT2D eigenvalue weighted by atomic mass is 16.5. The molecular formula is C24H35NO4. The first-order valence-corrected chi connectivity index (χ1v) is 11.5. The van der Waals surface area contributed by atoms with Crippen molar-refractivity contribution < 1.29 is 19.4 Å². The molecule has 10 atom stereocenters. The van der Waals surface area contributed by atoms with E-state index in [1.807, 2.05) is 0 Å². The first kappa shape index (κ1) is 19.7. The van der Waals surface area contributed by atoms with Crippen molar-refractivity contribution in [3.05, 3.63) is 11.6 Å². The van der Waals surface area contributed by atoms with E-state index in [1.54, 1.807) is 0 Å². The summed E-state index contributed by atoms with van der Waals surface area (Å²) in [4.78, 5) is 27.5. The molecule has 0 aromatic rings. The van der Waals surface area contributed by atoms with E-state index in [-0.39, 0.29) is 59.0 Å². The monoisotopic (exact) mass is 401 g/mol. The van der Waals surface area contributed by atoms with E-state index in [4.69, 9.17) is 4.74 Å². The van der Waals surface area contributed by atoms with Gasteiger partial charge in [-0.05, 0) is 44.9 Å². The Morgan fingerprint density at radius 3 is 2.76 bits per heavy atom. The minimum atomic E-state index is -0.990. The number of hydrogen-bond acceptors (Lipinski definition) is 4. The third-order valence-electron chi connectivity index (χ3n) is 9.23. The van der Waals surface area contributed by atoms with Crippen molar-refractivity contribution in [2.24, 2.45) is 40.9 Å². The Balaban J connectivity index is 1.66. The number of rotatable bonds is 2. The van der Waals surface area contributed by atoms with Crippen molar-refractivity contribution in [2.45, 2.75) is 84.2 Å². The van der Waals surface area contributed by atoms with Crippen LogP contribution in [0.1, 0.15) is 60.3 Å². The average molecular weight is 402 g/mol. The zero-order chi connectivity index (χ0) is 20.9. The van der Waals surface area contributed by atoms with Crippen LogP contribution in [0.15, 0.2) is 11.6 Å². The summed E-state index contributed by atoms with van der Waals surface area (Å²) in [5.74, 6) is 0.618. The molecule has 29 heavy (non-hydrogen) atoms. The summed E-state index contributed by atoms with van der Waals surface area (Å²) in [5, 5.41) is 14.0. The SMILES string of the molecule is CC1=C[C@@H]2[C@H]3[C@@H]4O[C@@](C)(CC[C@H]4O)[C@H]3CC(=O)[C@]23C(=O)N[C@@H](CC(C)C)[C@@H]3[C@@H]1C. The molecule has 0 aromatic heterocycles. The van der Waals surface area contributed by atoms with Gasteiger partial charge in [-0.2, -0.15) is 0 Å². The van der Waals surface area contributed by atoms with Gasteiger partial charge in [-0.15, -0.1) is 0 Å². The lowest BCUT2D eigenvalue weighted by Crippen LogP contribution is -2.60. The number of nitrogens with one attached hydrogen (secondary N) is 1. The van der Waals surface area contributed by atoms with Crippen LogP contribution in [-0.2, 0) is 14.3 Å². The molecule has 1 amide bonds. The summed E-state index contributed by atoms with van der Waals surface area (Å²) >= 11 is 0. The fourth-order valence-corrected chi connectivity index (χ4v) is 7.91. The van der Waals surface area contributed by atoms with Gasteiger partial charge in [-0.25, -0.2) is 0 Å². The van der Waals surface area contributed by atoms with Crippen LogP contribution < -0.4 is 5.32 Å². The van der Waals surface area contributed by atoms with Crippen molar-refractivity contribution >= 4 is 11.7 Å². The number of amides is 1.